The van der Waals surface area contributed by atoms with Crippen molar-refractivity contribution in [2.45, 2.75) is 6.42 Å². The molecule has 116 valence electrons. The molecule has 0 unspecified atom stereocenters. The fraction of sp³-hybridized carbons (Fsp3) is 0.400. The number of pyridine rings is 1. The molecule has 0 spiro atoms. The maximum absolute atomic E-state index is 6.06. The van der Waals surface area contributed by atoms with Crippen molar-refractivity contribution in [2.24, 2.45) is 0 Å². The molecule has 2 aromatic heterocycles. The summed E-state index contributed by atoms with van der Waals surface area (Å²) in [6.45, 7) is 3.35. The van der Waals surface area contributed by atoms with Gasteiger partial charge in [0.15, 0.2) is 0 Å². The summed E-state index contributed by atoms with van der Waals surface area (Å²) < 4.78 is 11.0. The number of hydrogen-bond acceptors (Lipinski definition) is 6. The fourth-order valence-electron chi connectivity index (χ4n) is 2.17. The summed E-state index contributed by atoms with van der Waals surface area (Å²) in [6.07, 6.45) is 2.49. The molecule has 2 aromatic rings. The lowest BCUT2D eigenvalue weighted by atomic mass is 10.3. The highest BCUT2D eigenvalue weighted by atomic mass is 35.5. The van der Waals surface area contributed by atoms with Gasteiger partial charge in [-0.25, -0.2) is 4.98 Å². The lowest BCUT2D eigenvalue weighted by molar-refractivity contribution is 0.122. The smallest absolute Gasteiger partial charge is 0.230 e. The molecule has 0 aromatic carbocycles. The average molecular weight is 321 g/mol. The van der Waals surface area contributed by atoms with Crippen LogP contribution in [0.1, 0.15) is 5.69 Å². The summed E-state index contributed by atoms with van der Waals surface area (Å²) in [5.74, 6) is 1.07. The predicted molar refractivity (Wildman–Crippen MR) is 83.5 cm³/mol. The zero-order chi connectivity index (χ0) is 15.2. The van der Waals surface area contributed by atoms with Crippen molar-refractivity contribution in [2.75, 3.05) is 37.8 Å². The summed E-state index contributed by atoms with van der Waals surface area (Å²) in [5, 5.41) is 0.379. The van der Waals surface area contributed by atoms with Crippen molar-refractivity contribution in [3.05, 3.63) is 41.3 Å². The van der Waals surface area contributed by atoms with Gasteiger partial charge >= 0.3 is 0 Å². The molecule has 1 fully saturated rings. The van der Waals surface area contributed by atoms with Crippen molar-refractivity contribution in [3.63, 3.8) is 0 Å². The van der Waals surface area contributed by atoms with Gasteiger partial charge in [-0.05, 0) is 12.1 Å². The van der Waals surface area contributed by atoms with Crippen molar-refractivity contribution >= 4 is 17.5 Å². The molecule has 0 atom stereocenters. The number of ether oxygens (including phenoxy) is 2. The van der Waals surface area contributed by atoms with Crippen LogP contribution in [0.2, 0.25) is 5.15 Å². The number of hydrogen-bond donors (Lipinski definition) is 0. The van der Waals surface area contributed by atoms with Crippen LogP contribution in [0.4, 0.5) is 5.95 Å². The Morgan fingerprint density at radius 3 is 2.86 bits per heavy atom. The van der Waals surface area contributed by atoms with Gasteiger partial charge in [0, 0.05) is 37.5 Å². The molecule has 0 N–H and O–H groups in total. The van der Waals surface area contributed by atoms with E-state index in [0.29, 0.717) is 36.8 Å². The molecule has 0 bridgehead atoms. The summed E-state index contributed by atoms with van der Waals surface area (Å²) in [5.41, 5.74) is 0.982. The largest absolute Gasteiger partial charge is 0.477 e. The fourth-order valence-corrected chi connectivity index (χ4v) is 2.34. The first-order chi connectivity index (χ1) is 10.8. The Morgan fingerprint density at radius 1 is 1.23 bits per heavy atom. The number of aromatic nitrogens is 3. The molecule has 3 rings (SSSR count). The third-order valence-corrected chi connectivity index (χ3v) is 3.48. The van der Waals surface area contributed by atoms with Crippen LogP contribution in [0, 0.1) is 0 Å². The highest BCUT2D eigenvalue weighted by molar-refractivity contribution is 6.29. The number of anilines is 1. The molecular formula is C15H17ClN4O2. The van der Waals surface area contributed by atoms with E-state index < -0.39 is 0 Å². The molecule has 0 aliphatic carbocycles. The molecule has 3 heterocycles. The quantitative estimate of drug-likeness (QED) is 0.785. The third-order valence-electron chi connectivity index (χ3n) is 3.29. The molecular weight excluding hydrogens is 304 g/mol. The zero-order valence-electron chi connectivity index (χ0n) is 12.1. The number of halogens is 1. The molecule has 22 heavy (non-hydrogen) atoms. The number of nitrogens with zero attached hydrogens (tertiary/aromatic N) is 4. The summed E-state index contributed by atoms with van der Waals surface area (Å²) >= 11 is 6.06. The highest BCUT2D eigenvalue weighted by Gasteiger charge is 2.15. The van der Waals surface area contributed by atoms with Crippen molar-refractivity contribution < 1.29 is 9.47 Å². The molecule has 1 aliphatic heterocycles. The first kappa shape index (κ1) is 15.0. The predicted octanol–water partition coefficient (Wildman–Crippen LogP) is 1.98. The van der Waals surface area contributed by atoms with E-state index in [-0.39, 0.29) is 0 Å². The Morgan fingerprint density at radius 2 is 2.09 bits per heavy atom. The van der Waals surface area contributed by atoms with Crippen LogP contribution in [0.5, 0.6) is 5.88 Å². The van der Waals surface area contributed by atoms with Gasteiger partial charge in [0.1, 0.15) is 5.15 Å². The maximum Gasteiger partial charge on any atom is 0.230 e. The van der Waals surface area contributed by atoms with Gasteiger partial charge in [0.2, 0.25) is 11.8 Å². The van der Waals surface area contributed by atoms with Crippen LogP contribution in [-0.4, -0.2) is 47.9 Å². The summed E-state index contributed by atoms with van der Waals surface area (Å²) in [7, 11) is 0. The van der Waals surface area contributed by atoms with Crippen LogP contribution in [0.15, 0.2) is 30.5 Å². The summed E-state index contributed by atoms with van der Waals surface area (Å²) in [6, 6.07) is 7.45. The second-order valence-corrected chi connectivity index (χ2v) is 5.24. The molecule has 0 radical (unpaired) electrons. The van der Waals surface area contributed by atoms with E-state index in [0.717, 1.165) is 25.2 Å². The molecule has 0 amide bonds. The molecule has 0 saturated carbocycles. The SMILES string of the molecule is Clc1cc(OCCc2ccccn2)nc(N2CCOCC2)n1. The van der Waals surface area contributed by atoms with Gasteiger partial charge in [0.25, 0.3) is 0 Å². The van der Waals surface area contributed by atoms with Gasteiger partial charge in [0.05, 0.1) is 19.8 Å². The lowest BCUT2D eigenvalue weighted by Crippen LogP contribution is -2.37. The van der Waals surface area contributed by atoms with Crippen LogP contribution in [0.25, 0.3) is 0 Å². The number of morpholine rings is 1. The molecule has 1 saturated heterocycles. The van der Waals surface area contributed by atoms with E-state index in [2.05, 4.69) is 15.0 Å². The Bertz CT molecular complexity index is 606. The van der Waals surface area contributed by atoms with Gasteiger partial charge < -0.3 is 14.4 Å². The van der Waals surface area contributed by atoms with E-state index >= 15 is 0 Å². The minimum Gasteiger partial charge on any atom is -0.477 e. The second kappa shape index (κ2) is 7.38. The zero-order valence-corrected chi connectivity index (χ0v) is 12.9. The highest BCUT2D eigenvalue weighted by Crippen LogP contribution is 2.19. The van der Waals surface area contributed by atoms with E-state index in [1.165, 1.54) is 0 Å². The van der Waals surface area contributed by atoms with Gasteiger partial charge in [-0.15, -0.1) is 0 Å². The van der Waals surface area contributed by atoms with Gasteiger partial charge in [-0.2, -0.15) is 4.98 Å². The normalized spacial score (nSPS) is 14.9. The first-order valence-electron chi connectivity index (χ1n) is 7.21. The lowest BCUT2D eigenvalue weighted by Gasteiger charge is -2.26. The topological polar surface area (TPSA) is 60.4 Å². The van der Waals surface area contributed by atoms with Crippen LogP contribution in [0.3, 0.4) is 0 Å². The number of rotatable bonds is 5. The van der Waals surface area contributed by atoms with Gasteiger partial charge in [-0.1, -0.05) is 17.7 Å². The Hall–Kier alpha value is -1.92. The molecule has 1 aliphatic rings. The van der Waals surface area contributed by atoms with Crippen LogP contribution < -0.4 is 9.64 Å². The first-order valence-corrected chi connectivity index (χ1v) is 7.59. The van der Waals surface area contributed by atoms with Crippen molar-refractivity contribution in [3.8, 4) is 5.88 Å². The third kappa shape index (κ3) is 4.05. The maximum atomic E-state index is 6.06. The molecule has 6 nitrogen and oxygen atoms in total. The van der Waals surface area contributed by atoms with Gasteiger partial charge in [-0.3, -0.25) is 4.98 Å². The second-order valence-electron chi connectivity index (χ2n) is 4.85. The van der Waals surface area contributed by atoms with Crippen molar-refractivity contribution in [1.29, 1.82) is 0 Å². The van der Waals surface area contributed by atoms with Crippen molar-refractivity contribution in [1.82, 2.24) is 15.0 Å². The van der Waals surface area contributed by atoms with E-state index in [4.69, 9.17) is 21.1 Å². The summed E-state index contributed by atoms with van der Waals surface area (Å²) in [4.78, 5) is 15.0. The monoisotopic (exact) mass is 320 g/mol. The molecule has 7 heteroatoms. The minimum atomic E-state index is 0.379. The standard InChI is InChI=1S/C15H17ClN4O2/c16-13-11-14(22-8-4-12-3-1-2-5-17-12)19-15(18-13)20-6-9-21-10-7-20/h1-3,5,11H,4,6-10H2. The van der Waals surface area contributed by atoms with E-state index in [9.17, 15) is 0 Å². The van der Waals surface area contributed by atoms with E-state index in [1.807, 2.05) is 23.1 Å². The van der Waals surface area contributed by atoms with Crippen LogP contribution in [-0.2, 0) is 11.2 Å². The Kier molecular flexibility index (Phi) is 5.03. The Balaban J connectivity index is 1.62. The van der Waals surface area contributed by atoms with E-state index in [1.54, 1.807) is 12.3 Å². The Labute approximate surface area is 134 Å². The average Bonchev–Trinajstić information content (AvgIpc) is 2.56. The van der Waals surface area contributed by atoms with Crippen LogP contribution >= 0.6 is 11.6 Å². The minimum absolute atomic E-state index is 0.379.